The van der Waals surface area contributed by atoms with Gasteiger partial charge in [-0.1, -0.05) is 38.0 Å². The Bertz CT molecular complexity index is 418. The van der Waals surface area contributed by atoms with Crippen LogP contribution < -0.4 is 5.32 Å². The van der Waals surface area contributed by atoms with Crippen molar-refractivity contribution in [2.24, 2.45) is 0 Å². The van der Waals surface area contributed by atoms with E-state index in [2.05, 4.69) is 18.8 Å². The lowest BCUT2D eigenvalue weighted by molar-refractivity contribution is 0.438. The number of nitrogens with one attached hydrogen (secondary N) is 1. The lowest BCUT2D eigenvalue weighted by atomic mass is 9.99. The van der Waals surface area contributed by atoms with Gasteiger partial charge in [0.15, 0.2) is 11.6 Å². The van der Waals surface area contributed by atoms with Crippen LogP contribution in [0.25, 0.3) is 0 Å². The predicted octanol–water partition coefficient (Wildman–Crippen LogP) is 5.01. The first-order valence-corrected chi connectivity index (χ1v) is 7.96. The Balaban J connectivity index is 2.52. The van der Waals surface area contributed by atoms with Gasteiger partial charge in [0.05, 0.1) is 0 Å². The van der Waals surface area contributed by atoms with Crippen molar-refractivity contribution >= 4 is 0 Å². The summed E-state index contributed by atoms with van der Waals surface area (Å²) in [5.74, 6) is -1.46. The highest BCUT2D eigenvalue weighted by atomic mass is 19.2. The minimum absolute atomic E-state index is 0.213. The maximum atomic E-state index is 13.8. The summed E-state index contributed by atoms with van der Waals surface area (Å²) in [5, 5.41) is 3.45. The SMILES string of the molecule is C=CCCCCCC(Cc1cccc(F)c1F)NCCC. The predicted molar refractivity (Wildman–Crippen MR) is 85.4 cm³/mol. The molecule has 0 aliphatic carbocycles. The first-order chi connectivity index (χ1) is 10.2. The summed E-state index contributed by atoms with van der Waals surface area (Å²) in [6.07, 6.45) is 8.98. The Morgan fingerprint density at radius 3 is 2.76 bits per heavy atom. The van der Waals surface area contributed by atoms with E-state index in [0.29, 0.717) is 12.0 Å². The Kier molecular flexibility index (Phi) is 8.91. The van der Waals surface area contributed by atoms with Crippen molar-refractivity contribution in [2.45, 2.75) is 57.9 Å². The van der Waals surface area contributed by atoms with Crippen molar-refractivity contribution in [3.05, 3.63) is 48.1 Å². The number of benzene rings is 1. The van der Waals surface area contributed by atoms with Gasteiger partial charge in [-0.25, -0.2) is 8.78 Å². The molecule has 1 nitrogen and oxygen atoms in total. The molecule has 0 amide bonds. The quantitative estimate of drug-likeness (QED) is 0.447. The Labute approximate surface area is 127 Å². The standard InChI is InChI=1S/C18H27F2N/c1-3-5-6-7-8-11-16(21-13-4-2)14-15-10-9-12-17(19)18(15)20/h3,9-10,12,16,21H,1,4-8,11,13-14H2,2H3. The highest BCUT2D eigenvalue weighted by Gasteiger charge is 2.13. The molecule has 3 heteroatoms. The first kappa shape index (κ1) is 17.8. The highest BCUT2D eigenvalue weighted by Crippen LogP contribution is 2.16. The Hall–Kier alpha value is -1.22. The zero-order chi connectivity index (χ0) is 15.5. The van der Waals surface area contributed by atoms with Crippen molar-refractivity contribution < 1.29 is 8.78 Å². The highest BCUT2D eigenvalue weighted by molar-refractivity contribution is 5.20. The summed E-state index contributed by atoms with van der Waals surface area (Å²) >= 11 is 0. The van der Waals surface area contributed by atoms with Crippen molar-refractivity contribution in [3.8, 4) is 0 Å². The molecule has 0 bridgehead atoms. The van der Waals surface area contributed by atoms with E-state index in [-0.39, 0.29) is 6.04 Å². The van der Waals surface area contributed by atoms with Gasteiger partial charge in [-0.15, -0.1) is 6.58 Å². The molecule has 1 N–H and O–H groups in total. The molecular weight excluding hydrogens is 268 g/mol. The third-order valence-electron chi connectivity index (χ3n) is 3.64. The van der Waals surface area contributed by atoms with Crippen LogP contribution in [0.3, 0.4) is 0 Å². The monoisotopic (exact) mass is 295 g/mol. The van der Waals surface area contributed by atoms with E-state index >= 15 is 0 Å². The average molecular weight is 295 g/mol. The summed E-state index contributed by atoms with van der Waals surface area (Å²) in [6.45, 7) is 6.74. The zero-order valence-corrected chi connectivity index (χ0v) is 13.0. The minimum atomic E-state index is -0.757. The van der Waals surface area contributed by atoms with Crippen LogP contribution in [0, 0.1) is 11.6 Å². The summed E-state index contributed by atoms with van der Waals surface area (Å²) in [6, 6.07) is 4.64. The fourth-order valence-corrected chi connectivity index (χ4v) is 2.45. The molecule has 0 spiro atoms. The van der Waals surface area contributed by atoms with E-state index in [9.17, 15) is 8.78 Å². The van der Waals surface area contributed by atoms with Crippen LogP contribution in [0.4, 0.5) is 8.78 Å². The topological polar surface area (TPSA) is 12.0 Å². The molecule has 0 saturated heterocycles. The van der Waals surface area contributed by atoms with Gasteiger partial charge in [0.2, 0.25) is 0 Å². The molecule has 1 rings (SSSR count). The first-order valence-electron chi connectivity index (χ1n) is 7.96. The normalized spacial score (nSPS) is 12.3. The second-order valence-electron chi connectivity index (χ2n) is 5.49. The molecule has 0 radical (unpaired) electrons. The van der Waals surface area contributed by atoms with E-state index in [1.54, 1.807) is 12.1 Å². The summed E-state index contributed by atoms with van der Waals surface area (Å²) in [7, 11) is 0. The molecule has 118 valence electrons. The van der Waals surface area contributed by atoms with E-state index in [4.69, 9.17) is 0 Å². The van der Waals surface area contributed by atoms with Gasteiger partial charge in [0.25, 0.3) is 0 Å². The zero-order valence-electron chi connectivity index (χ0n) is 13.0. The van der Waals surface area contributed by atoms with Crippen molar-refractivity contribution in [2.75, 3.05) is 6.54 Å². The second kappa shape index (κ2) is 10.5. The maximum absolute atomic E-state index is 13.8. The van der Waals surface area contributed by atoms with E-state index in [1.165, 1.54) is 6.07 Å². The Morgan fingerprint density at radius 1 is 1.24 bits per heavy atom. The molecule has 0 heterocycles. The largest absolute Gasteiger partial charge is 0.314 e. The molecule has 1 aromatic carbocycles. The number of unbranched alkanes of at least 4 members (excludes halogenated alkanes) is 3. The molecule has 0 aliphatic heterocycles. The summed E-state index contributed by atoms with van der Waals surface area (Å²) in [4.78, 5) is 0. The van der Waals surface area contributed by atoms with Gasteiger partial charge < -0.3 is 5.32 Å². The molecule has 1 unspecified atom stereocenters. The van der Waals surface area contributed by atoms with Gasteiger partial charge in [-0.3, -0.25) is 0 Å². The average Bonchev–Trinajstić information content (AvgIpc) is 2.48. The van der Waals surface area contributed by atoms with Crippen LogP contribution in [0.1, 0.15) is 51.0 Å². The molecule has 1 atom stereocenters. The van der Waals surface area contributed by atoms with Crippen molar-refractivity contribution in [3.63, 3.8) is 0 Å². The van der Waals surface area contributed by atoms with Gasteiger partial charge in [0.1, 0.15) is 0 Å². The third-order valence-corrected chi connectivity index (χ3v) is 3.64. The van der Waals surface area contributed by atoms with Crippen LogP contribution in [0.5, 0.6) is 0 Å². The maximum Gasteiger partial charge on any atom is 0.162 e. The fraction of sp³-hybridized carbons (Fsp3) is 0.556. The van der Waals surface area contributed by atoms with E-state index in [1.807, 2.05) is 6.08 Å². The Morgan fingerprint density at radius 2 is 2.05 bits per heavy atom. The van der Waals surface area contributed by atoms with Gasteiger partial charge >= 0.3 is 0 Å². The van der Waals surface area contributed by atoms with Gasteiger partial charge in [-0.05, 0) is 50.3 Å². The third kappa shape index (κ3) is 6.85. The fourth-order valence-electron chi connectivity index (χ4n) is 2.45. The molecule has 21 heavy (non-hydrogen) atoms. The molecule has 1 aromatic rings. The number of rotatable bonds is 11. The summed E-state index contributed by atoms with van der Waals surface area (Å²) in [5.41, 5.74) is 0.467. The molecule has 0 aromatic heterocycles. The van der Waals surface area contributed by atoms with Crippen molar-refractivity contribution in [1.29, 1.82) is 0 Å². The van der Waals surface area contributed by atoms with E-state index < -0.39 is 11.6 Å². The van der Waals surface area contributed by atoms with Crippen LogP contribution in [0.2, 0.25) is 0 Å². The van der Waals surface area contributed by atoms with Gasteiger partial charge in [0, 0.05) is 6.04 Å². The molecule has 0 fully saturated rings. The number of hydrogen-bond donors (Lipinski definition) is 1. The lowest BCUT2D eigenvalue weighted by Gasteiger charge is -2.19. The number of allylic oxidation sites excluding steroid dienone is 1. The second-order valence-corrected chi connectivity index (χ2v) is 5.49. The van der Waals surface area contributed by atoms with Crippen LogP contribution in [-0.4, -0.2) is 12.6 Å². The lowest BCUT2D eigenvalue weighted by Crippen LogP contribution is -2.32. The van der Waals surface area contributed by atoms with E-state index in [0.717, 1.165) is 45.1 Å². The molecular formula is C18H27F2N. The number of hydrogen-bond acceptors (Lipinski definition) is 1. The minimum Gasteiger partial charge on any atom is -0.314 e. The van der Waals surface area contributed by atoms with Crippen LogP contribution >= 0.6 is 0 Å². The summed E-state index contributed by atoms with van der Waals surface area (Å²) < 4.78 is 27.0. The van der Waals surface area contributed by atoms with Crippen LogP contribution in [0.15, 0.2) is 30.9 Å². The van der Waals surface area contributed by atoms with Crippen LogP contribution in [-0.2, 0) is 6.42 Å². The van der Waals surface area contributed by atoms with Crippen molar-refractivity contribution in [1.82, 2.24) is 5.32 Å². The number of halogens is 2. The molecule has 0 aliphatic rings. The molecule has 0 saturated carbocycles. The van der Waals surface area contributed by atoms with Gasteiger partial charge in [-0.2, -0.15) is 0 Å². The smallest absolute Gasteiger partial charge is 0.162 e.